The predicted octanol–water partition coefficient (Wildman–Crippen LogP) is 3.91. The lowest BCUT2D eigenvalue weighted by Crippen LogP contribution is -2.29. The third kappa shape index (κ3) is 3.88. The molecule has 1 aromatic heterocycles. The fourth-order valence-corrected chi connectivity index (χ4v) is 4.06. The maximum absolute atomic E-state index is 12.6. The summed E-state index contributed by atoms with van der Waals surface area (Å²) in [5, 5.41) is 9.40. The number of likely N-dealkylation sites (tertiary alicyclic amines) is 1. The molecule has 1 unspecified atom stereocenters. The number of aromatic hydroxyl groups is 1. The number of phenolic OH excluding ortho intramolecular Hbond substituents is 1. The smallest absolute Gasteiger partial charge is 0.223 e. The first-order valence-corrected chi connectivity index (χ1v) is 10.00. The quantitative estimate of drug-likeness (QED) is 0.708. The minimum atomic E-state index is 0.210. The molecule has 1 amide bonds. The fourth-order valence-electron chi connectivity index (χ4n) is 4.06. The van der Waals surface area contributed by atoms with Gasteiger partial charge in [-0.15, -0.1) is 0 Å². The van der Waals surface area contributed by atoms with Crippen molar-refractivity contribution < 1.29 is 9.90 Å². The molecule has 5 nitrogen and oxygen atoms in total. The summed E-state index contributed by atoms with van der Waals surface area (Å²) < 4.78 is 0. The SMILES string of the molecule is Cc1ccc2[nH]c(CCC(=O)N3CCC(Cc4ccc(O)cc4)C3)nc2c1C. The molecule has 28 heavy (non-hydrogen) atoms. The normalized spacial score (nSPS) is 16.8. The molecule has 5 heteroatoms. The predicted molar refractivity (Wildman–Crippen MR) is 110 cm³/mol. The van der Waals surface area contributed by atoms with Crippen LogP contribution in [0.5, 0.6) is 5.75 Å². The van der Waals surface area contributed by atoms with E-state index in [1.54, 1.807) is 12.1 Å². The number of carbonyl (C=O) groups excluding carboxylic acids is 1. The third-order valence-electron chi connectivity index (χ3n) is 5.90. The van der Waals surface area contributed by atoms with Crippen molar-refractivity contribution in [3.63, 3.8) is 0 Å². The lowest BCUT2D eigenvalue weighted by molar-refractivity contribution is -0.130. The summed E-state index contributed by atoms with van der Waals surface area (Å²) in [6, 6.07) is 11.5. The number of hydrogen-bond acceptors (Lipinski definition) is 3. The Balaban J connectivity index is 1.32. The Bertz CT molecular complexity index is 991. The Labute approximate surface area is 165 Å². The van der Waals surface area contributed by atoms with Gasteiger partial charge in [-0.1, -0.05) is 18.2 Å². The lowest BCUT2D eigenvalue weighted by atomic mass is 9.99. The number of nitrogens with zero attached hydrogens (tertiary/aromatic N) is 2. The number of aromatic amines is 1. The van der Waals surface area contributed by atoms with Crippen molar-refractivity contribution in [2.75, 3.05) is 13.1 Å². The van der Waals surface area contributed by atoms with E-state index in [9.17, 15) is 9.90 Å². The van der Waals surface area contributed by atoms with Crippen molar-refractivity contribution in [1.29, 1.82) is 0 Å². The Morgan fingerprint density at radius 1 is 1.21 bits per heavy atom. The van der Waals surface area contributed by atoms with Crippen molar-refractivity contribution in [2.24, 2.45) is 5.92 Å². The number of rotatable bonds is 5. The zero-order chi connectivity index (χ0) is 19.7. The van der Waals surface area contributed by atoms with Crippen LogP contribution in [-0.2, 0) is 17.6 Å². The fraction of sp³-hybridized carbons (Fsp3) is 0.391. The number of aryl methyl sites for hydroxylation is 3. The van der Waals surface area contributed by atoms with E-state index in [0.717, 1.165) is 42.8 Å². The standard InChI is InChI=1S/C23H27N3O2/c1-15-3-8-20-23(16(15)2)25-21(24-20)9-10-22(28)26-12-11-18(14-26)13-17-4-6-19(27)7-5-17/h3-8,18,27H,9-14H2,1-2H3,(H,24,25). The van der Waals surface area contributed by atoms with Crippen LogP contribution in [0.2, 0.25) is 0 Å². The molecule has 2 N–H and O–H groups in total. The summed E-state index contributed by atoms with van der Waals surface area (Å²) in [5.74, 6) is 1.88. The van der Waals surface area contributed by atoms with Crippen LogP contribution in [0.4, 0.5) is 0 Å². The number of carbonyl (C=O) groups is 1. The first-order chi connectivity index (χ1) is 13.5. The van der Waals surface area contributed by atoms with Gasteiger partial charge in [0.2, 0.25) is 5.91 Å². The number of phenols is 1. The number of imidazole rings is 1. The molecule has 1 aliphatic rings. The Hall–Kier alpha value is -2.82. The summed E-state index contributed by atoms with van der Waals surface area (Å²) in [6.45, 7) is 5.83. The van der Waals surface area contributed by atoms with E-state index in [2.05, 4.69) is 31.0 Å². The highest BCUT2D eigenvalue weighted by Gasteiger charge is 2.26. The number of hydrogen-bond donors (Lipinski definition) is 2. The van der Waals surface area contributed by atoms with E-state index in [1.807, 2.05) is 17.0 Å². The molecule has 0 saturated carbocycles. The van der Waals surface area contributed by atoms with Gasteiger partial charge in [-0.25, -0.2) is 4.98 Å². The van der Waals surface area contributed by atoms with E-state index < -0.39 is 0 Å². The number of amides is 1. The average molecular weight is 377 g/mol. The van der Waals surface area contributed by atoms with Gasteiger partial charge in [0, 0.05) is 25.9 Å². The summed E-state index contributed by atoms with van der Waals surface area (Å²) >= 11 is 0. The van der Waals surface area contributed by atoms with Crippen LogP contribution in [-0.4, -0.2) is 39.0 Å². The van der Waals surface area contributed by atoms with Crippen LogP contribution in [0, 0.1) is 19.8 Å². The van der Waals surface area contributed by atoms with Gasteiger partial charge in [0.05, 0.1) is 11.0 Å². The van der Waals surface area contributed by atoms with Crippen molar-refractivity contribution in [1.82, 2.24) is 14.9 Å². The zero-order valence-electron chi connectivity index (χ0n) is 16.5. The number of benzene rings is 2. The monoisotopic (exact) mass is 377 g/mol. The first kappa shape index (κ1) is 18.5. The second-order valence-electron chi connectivity index (χ2n) is 7.95. The molecular weight excluding hydrogens is 350 g/mol. The van der Waals surface area contributed by atoms with Gasteiger partial charge in [-0.05, 0) is 67.5 Å². The topological polar surface area (TPSA) is 69.2 Å². The average Bonchev–Trinajstić information content (AvgIpc) is 3.32. The lowest BCUT2D eigenvalue weighted by Gasteiger charge is -2.16. The molecule has 0 aliphatic carbocycles. The van der Waals surface area contributed by atoms with Crippen molar-refractivity contribution in [3.8, 4) is 5.75 Å². The molecule has 3 aromatic rings. The molecule has 1 atom stereocenters. The van der Waals surface area contributed by atoms with Crippen molar-refractivity contribution in [2.45, 2.75) is 39.5 Å². The maximum atomic E-state index is 12.6. The highest BCUT2D eigenvalue weighted by Crippen LogP contribution is 2.23. The van der Waals surface area contributed by atoms with Crippen molar-refractivity contribution in [3.05, 3.63) is 58.9 Å². The van der Waals surface area contributed by atoms with Gasteiger partial charge in [0.25, 0.3) is 0 Å². The minimum absolute atomic E-state index is 0.210. The van der Waals surface area contributed by atoms with Crippen LogP contribution < -0.4 is 0 Å². The molecule has 1 aliphatic heterocycles. The minimum Gasteiger partial charge on any atom is -0.508 e. The van der Waals surface area contributed by atoms with Gasteiger partial charge in [0.1, 0.15) is 11.6 Å². The molecule has 0 bridgehead atoms. The summed E-state index contributed by atoms with van der Waals surface area (Å²) in [4.78, 5) is 22.7. The van der Waals surface area contributed by atoms with E-state index in [0.29, 0.717) is 24.5 Å². The summed E-state index contributed by atoms with van der Waals surface area (Å²) in [6.07, 6.45) is 3.12. The molecule has 0 spiro atoms. The maximum Gasteiger partial charge on any atom is 0.223 e. The third-order valence-corrected chi connectivity index (χ3v) is 5.90. The molecule has 1 saturated heterocycles. The molecule has 0 radical (unpaired) electrons. The molecule has 4 rings (SSSR count). The van der Waals surface area contributed by atoms with Gasteiger partial charge in [0.15, 0.2) is 0 Å². The zero-order valence-corrected chi connectivity index (χ0v) is 16.5. The molecule has 2 heterocycles. The number of H-pyrrole nitrogens is 1. The summed E-state index contributed by atoms with van der Waals surface area (Å²) in [5.41, 5.74) is 5.70. The van der Waals surface area contributed by atoms with Gasteiger partial charge in [-0.3, -0.25) is 4.79 Å². The Kier molecular flexibility index (Phi) is 5.07. The Morgan fingerprint density at radius 3 is 2.79 bits per heavy atom. The largest absolute Gasteiger partial charge is 0.508 e. The molecule has 1 fully saturated rings. The van der Waals surface area contributed by atoms with Gasteiger partial charge < -0.3 is 15.0 Å². The van der Waals surface area contributed by atoms with Crippen LogP contribution in [0.3, 0.4) is 0 Å². The number of aromatic nitrogens is 2. The molecule has 2 aromatic carbocycles. The Morgan fingerprint density at radius 2 is 2.00 bits per heavy atom. The number of fused-ring (bicyclic) bond motifs is 1. The summed E-state index contributed by atoms with van der Waals surface area (Å²) in [7, 11) is 0. The van der Waals surface area contributed by atoms with E-state index in [-0.39, 0.29) is 5.91 Å². The molecule has 146 valence electrons. The van der Waals surface area contributed by atoms with E-state index in [4.69, 9.17) is 4.98 Å². The second-order valence-corrected chi connectivity index (χ2v) is 7.95. The van der Waals surface area contributed by atoms with E-state index >= 15 is 0 Å². The number of nitrogens with one attached hydrogen (secondary N) is 1. The van der Waals surface area contributed by atoms with Crippen LogP contribution in [0.15, 0.2) is 36.4 Å². The second kappa shape index (κ2) is 7.66. The van der Waals surface area contributed by atoms with Crippen LogP contribution in [0.25, 0.3) is 11.0 Å². The van der Waals surface area contributed by atoms with Crippen LogP contribution in [0.1, 0.15) is 35.4 Å². The van der Waals surface area contributed by atoms with Gasteiger partial charge in [-0.2, -0.15) is 0 Å². The van der Waals surface area contributed by atoms with Crippen LogP contribution >= 0.6 is 0 Å². The first-order valence-electron chi connectivity index (χ1n) is 10.00. The molecular formula is C23H27N3O2. The van der Waals surface area contributed by atoms with Gasteiger partial charge >= 0.3 is 0 Å². The highest BCUT2D eigenvalue weighted by molar-refractivity contribution is 5.80. The van der Waals surface area contributed by atoms with Crippen molar-refractivity contribution >= 4 is 16.9 Å². The highest BCUT2D eigenvalue weighted by atomic mass is 16.3. The van der Waals surface area contributed by atoms with E-state index in [1.165, 1.54) is 16.7 Å².